The first-order valence-electron chi connectivity index (χ1n) is 9.75. The second-order valence-electron chi connectivity index (χ2n) is 7.25. The van der Waals surface area contributed by atoms with Gasteiger partial charge in [-0.05, 0) is 35.6 Å². The van der Waals surface area contributed by atoms with Crippen LogP contribution in [0.15, 0.2) is 36.4 Å². The van der Waals surface area contributed by atoms with Gasteiger partial charge in [-0.1, -0.05) is 45.0 Å². The summed E-state index contributed by atoms with van der Waals surface area (Å²) in [6.07, 6.45) is 0.943. The summed E-state index contributed by atoms with van der Waals surface area (Å²) >= 11 is 0. The summed E-state index contributed by atoms with van der Waals surface area (Å²) in [5, 5.41) is 7.68. The van der Waals surface area contributed by atoms with Gasteiger partial charge in [0.05, 0.1) is 18.8 Å². The van der Waals surface area contributed by atoms with Crippen LogP contribution in [0.3, 0.4) is 0 Å². The number of amides is 2. The maximum atomic E-state index is 13.6. The van der Waals surface area contributed by atoms with E-state index in [1.807, 2.05) is 38.1 Å². The monoisotopic (exact) mass is 421 g/mol. The molecule has 0 aliphatic heterocycles. The average molecular weight is 421 g/mol. The first kappa shape index (κ1) is 23.4. The van der Waals surface area contributed by atoms with E-state index in [1.54, 1.807) is 0 Å². The van der Waals surface area contributed by atoms with Gasteiger partial charge in [-0.2, -0.15) is 0 Å². The summed E-state index contributed by atoms with van der Waals surface area (Å²) in [7, 11) is 0. The molecule has 2 amide bonds. The van der Waals surface area contributed by atoms with Crippen LogP contribution in [0, 0.1) is 23.4 Å². The standard InChI is InChI=1S/C22H26F3N3O2/c1-4-14-5-7-15(8-6-14)22(13(2)3)27-11-18(29)26-12-19(30)28-17-10-9-16(23)20(24)21(17)25/h5-10,13,22,27H,4,11-12H2,1-3H3,(H,26,29)(H,28,30)/t22-/m1/s1. The molecule has 0 radical (unpaired) electrons. The number of hydrogen-bond acceptors (Lipinski definition) is 3. The fraction of sp³-hybridized carbons (Fsp3) is 0.364. The van der Waals surface area contributed by atoms with Gasteiger partial charge in [0.1, 0.15) is 0 Å². The zero-order chi connectivity index (χ0) is 22.3. The number of rotatable bonds is 9. The maximum Gasteiger partial charge on any atom is 0.243 e. The van der Waals surface area contributed by atoms with Gasteiger partial charge in [-0.3, -0.25) is 9.59 Å². The minimum atomic E-state index is -1.67. The molecular formula is C22H26F3N3O2. The molecule has 0 unspecified atom stereocenters. The highest BCUT2D eigenvalue weighted by Crippen LogP contribution is 2.22. The maximum absolute atomic E-state index is 13.6. The summed E-state index contributed by atoms with van der Waals surface area (Å²) in [5.41, 5.74) is 1.78. The number of aryl methyl sites for hydroxylation is 1. The normalized spacial score (nSPS) is 12.0. The van der Waals surface area contributed by atoms with Crippen LogP contribution in [0.1, 0.15) is 37.9 Å². The first-order chi connectivity index (χ1) is 14.2. The summed E-state index contributed by atoms with van der Waals surface area (Å²) < 4.78 is 39.7. The smallest absolute Gasteiger partial charge is 0.243 e. The molecule has 0 aliphatic rings. The van der Waals surface area contributed by atoms with Crippen LogP contribution >= 0.6 is 0 Å². The van der Waals surface area contributed by atoms with Crippen molar-refractivity contribution in [2.75, 3.05) is 18.4 Å². The highest BCUT2D eigenvalue weighted by molar-refractivity contribution is 5.94. The van der Waals surface area contributed by atoms with Crippen LogP contribution in [-0.4, -0.2) is 24.9 Å². The third-order valence-electron chi connectivity index (χ3n) is 4.65. The topological polar surface area (TPSA) is 70.2 Å². The predicted molar refractivity (Wildman–Crippen MR) is 109 cm³/mol. The third kappa shape index (κ3) is 6.32. The van der Waals surface area contributed by atoms with Crippen molar-refractivity contribution in [3.05, 3.63) is 65.0 Å². The highest BCUT2D eigenvalue weighted by atomic mass is 19.2. The molecule has 0 bridgehead atoms. The Kier molecular flexibility index (Phi) is 8.41. The van der Waals surface area contributed by atoms with E-state index in [4.69, 9.17) is 0 Å². The number of carbonyl (C=O) groups is 2. The first-order valence-corrected chi connectivity index (χ1v) is 9.75. The number of halogens is 3. The summed E-state index contributed by atoms with van der Waals surface area (Å²) in [6, 6.07) is 9.72. The Bertz CT molecular complexity index is 886. The largest absolute Gasteiger partial charge is 0.346 e. The van der Waals surface area contributed by atoms with Crippen LogP contribution < -0.4 is 16.0 Å². The van der Waals surface area contributed by atoms with Crippen LogP contribution in [0.2, 0.25) is 0 Å². The zero-order valence-electron chi connectivity index (χ0n) is 17.2. The molecule has 2 aromatic rings. The molecule has 2 rings (SSSR count). The van der Waals surface area contributed by atoms with Crippen molar-refractivity contribution in [1.82, 2.24) is 10.6 Å². The Labute approximate surface area is 174 Å². The van der Waals surface area contributed by atoms with Gasteiger partial charge < -0.3 is 16.0 Å². The minimum absolute atomic E-state index is 0.0226. The molecule has 1 atom stereocenters. The van der Waals surface area contributed by atoms with E-state index in [9.17, 15) is 22.8 Å². The lowest BCUT2D eigenvalue weighted by Gasteiger charge is -2.23. The fourth-order valence-corrected chi connectivity index (χ4v) is 2.96. The molecule has 0 fully saturated rings. The predicted octanol–water partition coefficient (Wildman–Crippen LogP) is 3.71. The molecule has 0 spiro atoms. The SMILES string of the molecule is CCc1ccc([C@H](NCC(=O)NCC(=O)Nc2ccc(F)c(F)c2F)C(C)C)cc1. The van der Waals surface area contributed by atoms with Gasteiger partial charge >= 0.3 is 0 Å². The molecule has 2 aromatic carbocycles. The van der Waals surface area contributed by atoms with E-state index in [-0.39, 0.29) is 18.5 Å². The van der Waals surface area contributed by atoms with Crippen molar-refractivity contribution >= 4 is 17.5 Å². The molecule has 0 aliphatic carbocycles. The Morgan fingerprint density at radius 2 is 1.57 bits per heavy atom. The highest BCUT2D eigenvalue weighted by Gasteiger charge is 2.18. The molecule has 8 heteroatoms. The second kappa shape index (κ2) is 10.8. The van der Waals surface area contributed by atoms with Crippen molar-refractivity contribution in [3.63, 3.8) is 0 Å². The van der Waals surface area contributed by atoms with Gasteiger partial charge in [-0.25, -0.2) is 13.2 Å². The quantitative estimate of drug-likeness (QED) is 0.541. The molecule has 3 N–H and O–H groups in total. The molecule has 0 aromatic heterocycles. The molecule has 0 saturated heterocycles. The summed E-state index contributed by atoms with van der Waals surface area (Å²) in [6.45, 7) is 5.69. The van der Waals surface area contributed by atoms with E-state index < -0.39 is 41.5 Å². The van der Waals surface area contributed by atoms with E-state index in [1.165, 1.54) is 5.56 Å². The molecule has 5 nitrogen and oxygen atoms in total. The van der Waals surface area contributed by atoms with Crippen molar-refractivity contribution in [2.45, 2.75) is 33.2 Å². The summed E-state index contributed by atoms with van der Waals surface area (Å²) in [4.78, 5) is 24.0. The van der Waals surface area contributed by atoms with Crippen LogP contribution in [-0.2, 0) is 16.0 Å². The molecule has 0 heterocycles. The fourth-order valence-electron chi connectivity index (χ4n) is 2.96. The van der Waals surface area contributed by atoms with Gasteiger partial charge in [0.15, 0.2) is 17.5 Å². The number of nitrogens with one attached hydrogen (secondary N) is 3. The van der Waals surface area contributed by atoms with E-state index >= 15 is 0 Å². The Hall–Kier alpha value is -2.87. The summed E-state index contributed by atoms with van der Waals surface area (Å²) in [5.74, 6) is -5.48. The van der Waals surface area contributed by atoms with Crippen LogP contribution in [0.5, 0.6) is 0 Å². The van der Waals surface area contributed by atoms with Crippen molar-refractivity contribution in [1.29, 1.82) is 0 Å². The molecular weight excluding hydrogens is 395 g/mol. The van der Waals surface area contributed by atoms with E-state index in [2.05, 4.69) is 22.9 Å². The lowest BCUT2D eigenvalue weighted by molar-refractivity contribution is -0.123. The average Bonchev–Trinajstić information content (AvgIpc) is 2.73. The molecule has 162 valence electrons. The molecule has 30 heavy (non-hydrogen) atoms. The number of benzene rings is 2. The van der Waals surface area contributed by atoms with Gasteiger partial charge in [0.2, 0.25) is 11.8 Å². The van der Waals surface area contributed by atoms with Gasteiger partial charge in [-0.15, -0.1) is 0 Å². The lowest BCUT2D eigenvalue weighted by atomic mass is 9.95. The molecule has 0 saturated carbocycles. The zero-order valence-corrected chi connectivity index (χ0v) is 17.2. The minimum Gasteiger partial charge on any atom is -0.346 e. The second-order valence-corrected chi connectivity index (χ2v) is 7.25. The number of anilines is 1. The van der Waals surface area contributed by atoms with Crippen LogP contribution in [0.25, 0.3) is 0 Å². The number of carbonyl (C=O) groups excluding carboxylic acids is 2. The number of hydrogen-bond donors (Lipinski definition) is 3. The van der Waals surface area contributed by atoms with Gasteiger partial charge in [0, 0.05) is 6.04 Å². The van der Waals surface area contributed by atoms with Crippen molar-refractivity contribution < 1.29 is 22.8 Å². The van der Waals surface area contributed by atoms with Gasteiger partial charge in [0.25, 0.3) is 0 Å². The van der Waals surface area contributed by atoms with E-state index in [0.29, 0.717) is 6.07 Å². The Morgan fingerprint density at radius 1 is 0.900 bits per heavy atom. The lowest BCUT2D eigenvalue weighted by Crippen LogP contribution is -2.40. The van der Waals surface area contributed by atoms with Crippen molar-refractivity contribution in [3.8, 4) is 0 Å². The van der Waals surface area contributed by atoms with E-state index in [0.717, 1.165) is 18.1 Å². The van der Waals surface area contributed by atoms with Crippen molar-refractivity contribution in [2.24, 2.45) is 5.92 Å². The third-order valence-corrected chi connectivity index (χ3v) is 4.65. The van der Waals surface area contributed by atoms with Crippen LogP contribution in [0.4, 0.5) is 18.9 Å². The Morgan fingerprint density at radius 3 is 2.17 bits per heavy atom. The Balaban J connectivity index is 1.85.